The number of amides is 2. The topological polar surface area (TPSA) is 84.5 Å². The summed E-state index contributed by atoms with van der Waals surface area (Å²) in [6, 6.07) is 6.92. The monoisotopic (exact) mass is 406 g/mol. The molecule has 0 atom stereocenters. The van der Waals surface area contributed by atoms with E-state index < -0.39 is 0 Å². The molecule has 0 saturated heterocycles. The summed E-state index contributed by atoms with van der Waals surface area (Å²) in [6.07, 6.45) is 7.52. The molecule has 1 saturated carbocycles. The minimum absolute atomic E-state index is 0.0781. The maximum Gasteiger partial charge on any atom is 0.338 e. The van der Waals surface area contributed by atoms with Gasteiger partial charge in [-0.15, -0.1) is 0 Å². The smallest absolute Gasteiger partial charge is 0.338 e. The highest BCUT2D eigenvalue weighted by atomic mass is 32.2. The largest absolute Gasteiger partial charge is 0.462 e. The Kier molecular flexibility index (Phi) is 9.90. The molecule has 1 aromatic rings. The zero-order valence-electron chi connectivity index (χ0n) is 16.5. The molecule has 2 rings (SSSR count). The number of carbonyl (C=O) groups excluding carboxylic acids is 3. The van der Waals surface area contributed by atoms with Crippen molar-refractivity contribution < 1.29 is 19.1 Å². The number of nitrogens with one attached hydrogen (secondary N) is 2. The van der Waals surface area contributed by atoms with Gasteiger partial charge in [0.1, 0.15) is 0 Å². The van der Waals surface area contributed by atoms with Crippen LogP contribution >= 0.6 is 11.8 Å². The first kappa shape index (κ1) is 22.3. The molecule has 1 aliphatic carbocycles. The van der Waals surface area contributed by atoms with Gasteiger partial charge in [0.15, 0.2) is 0 Å². The van der Waals surface area contributed by atoms with Gasteiger partial charge < -0.3 is 15.4 Å². The van der Waals surface area contributed by atoms with Crippen molar-refractivity contribution >= 4 is 35.2 Å². The summed E-state index contributed by atoms with van der Waals surface area (Å²) in [4.78, 5) is 35.6. The molecule has 1 aliphatic rings. The van der Waals surface area contributed by atoms with Gasteiger partial charge in [-0.2, -0.15) is 11.8 Å². The molecule has 7 heteroatoms. The first-order valence-corrected chi connectivity index (χ1v) is 11.2. The highest BCUT2D eigenvalue weighted by Gasteiger charge is 2.14. The number of thioether (sulfide) groups is 1. The lowest BCUT2D eigenvalue weighted by atomic mass is 10.1. The molecule has 154 valence electrons. The first-order chi connectivity index (χ1) is 13.6. The van der Waals surface area contributed by atoms with Crippen molar-refractivity contribution in [2.45, 2.75) is 57.9 Å². The number of hydrogen-bond acceptors (Lipinski definition) is 5. The van der Waals surface area contributed by atoms with E-state index in [1.807, 2.05) is 0 Å². The molecule has 0 heterocycles. The minimum Gasteiger partial charge on any atom is -0.462 e. The maximum atomic E-state index is 12.0. The molecule has 0 aromatic heterocycles. The lowest BCUT2D eigenvalue weighted by Gasteiger charge is -2.16. The van der Waals surface area contributed by atoms with Crippen molar-refractivity contribution in [3.05, 3.63) is 29.8 Å². The van der Waals surface area contributed by atoms with Gasteiger partial charge in [0.2, 0.25) is 11.8 Å². The summed E-state index contributed by atoms with van der Waals surface area (Å²) >= 11 is 1.44. The summed E-state index contributed by atoms with van der Waals surface area (Å²) in [5, 5.41) is 5.91. The quantitative estimate of drug-likeness (QED) is 0.370. The van der Waals surface area contributed by atoms with E-state index in [1.165, 1.54) is 37.4 Å². The standard InChI is InChI=1S/C21H30N2O4S/c1-2-27-21(26)16-9-11-18(12-10-16)23-20(25)15-28-14-13-19(24)22-17-7-5-3-4-6-8-17/h9-12,17H,2-8,13-15H2,1H3,(H,22,24)(H,23,25). The van der Waals surface area contributed by atoms with E-state index in [2.05, 4.69) is 10.6 Å². The second-order valence-corrected chi connectivity index (χ2v) is 8.01. The number of carbonyl (C=O) groups is 3. The van der Waals surface area contributed by atoms with Crippen LogP contribution in [-0.2, 0) is 14.3 Å². The lowest BCUT2D eigenvalue weighted by molar-refractivity contribution is -0.121. The van der Waals surface area contributed by atoms with Crippen LogP contribution in [0.25, 0.3) is 0 Å². The van der Waals surface area contributed by atoms with Gasteiger partial charge in [-0.25, -0.2) is 4.79 Å². The summed E-state index contributed by atoms with van der Waals surface area (Å²) < 4.78 is 4.93. The summed E-state index contributed by atoms with van der Waals surface area (Å²) in [7, 11) is 0. The van der Waals surface area contributed by atoms with E-state index in [-0.39, 0.29) is 23.5 Å². The summed E-state index contributed by atoms with van der Waals surface area (Å²) in [5.41, 5.74) is 1.08. The van der Waals surface area contributed by atoms with Crippen molar-refractivity contribution in [3.8, 4) is 0 Å². The van der Waals surface area contributed by atoms with Crippen LogP contribution in [0.5, 0.6) is 0 Å². The van der Waals surface area contributed by atoms with E-state index in [0.717, 1.165) is 12.8 Å². The normalized spacial score (nSPS) is 14.8. The molecule has 0 unspecified atom stereocenters. The number of hydrogen-bond donors (Lipinski definition) is 2. The Balaban J connectivity index is 1.61. The molecular weight excluding hydrogens is 376 g/mol. The SMILES string of the molecule is CCOC(=O)c1ccc(NC(=O)CSCCC(=O)NC2CCCCCC2)cc1. The van der Waals surface area contributed by atoms with Crippen LogP contribution in [0.4, 0.5) is 5.69 Å². The Hall–Kier alpha value is -2.02. The van der Waals surface area contributed by atoms with Gasteiger partial charge >= 0.3 is 5.97 Å². The fraction of sp³-hybridized carbons (Fsp3) is 0.571. The zero-order chi connectivity index (χ0) is 20.2. The summed E-state index contributed by atoms with van der Waals surface area (Å²) in [6.45, 7) is 2.08. The van der Waals surface area contributed by atoms with Gasteiger partial charge in [-0.3, -0.25) is 9.59 Å². The third kappa shape index (κ3) is 8.33. The van der Waals surface area contributed by atoms with E-state index in [0.29, 0.717) is 36.1 Å². The summed E-state index contributed by atoms with van der Waals surface area (Å²) in [5.74, 6) is 0.481. The zero-order valence-corrected chi connectivity index (χ0v) is 17.3. The number of ether oxygens (including phenoxy) is 1. The third-order valence-electron chi connectivity index (χ3n) is 4.61. The predicted molar refractivity (Wildman–Crippen MR) is 113 cm³/mol. The molecule has 0 aliphatic heterocycles. The van der Waals surface area contributed by atoms with Gasteiger partial charge in [-0.05, 0) is 44.0 Å². The van der Waals surface area contributed by atoms with Crippen molar-refractivity contribution in [1.29, 1.82) is 0 Å². The Labute approximate surface area is 171 Å². The van der Waals surface area contributed by atoms with Crippen LogP contribution in [0.1, 0.15) is 62.2 Å². The molecule has 0 bridgehead atoms. The van der Waals surface area contributed by atoms with Crippen molar-refractivity contribution in [2.75, 3.05) is 23.4 Å². The van der Waals surface area contributed by atoms with Crippen LogP contribution in [0.15, 0.2) is 24.3 Å². The highest BCUT2D eigenvalue weighted by molar-refractivity contribution is 7.99. The fourth-order valence-electron chi connectivity index (χ4n) is 3.15. The minimum atomic E-state index is -0.377. The second kappa shape index (κ2) is 12.4. The molecule has 28 heavy (non-hydrogen) atoms. The average Bonchev–Trinajstić information content (AvgIpc) is 2.94. The molecule has 2 N–H and O–H groups in total. The van der Waals surface area contributed by atoms with Gasteiger partial charge in [-0.1, -0.05) is 25.7 Å². The Morgan fingerprint density at radius 3 is 2.36 bits per heavy atom. The van der Waals surface area contributed by atoms with Crippen LogP contribution < -0.4 is 10.6 Å². The average molecular weight is 407 g/mol. The van der Waals surface area contributed by atoms with Crippen molar-refractivity contribution in [1.82, 2.24) is 5.32 Å². The molecule has 2 amide bonds. The van der Waals surface area contributed by atoms with Crippen LogP contribution in [-0.4, -0.2) is 41.9 Å². The number of rotatable bonds is 9. The Morgan fingerprint density at radius 1 is 1.04 bits per heavy atom. The second-order valence-electron chi connectivity index (χ2n) is 6.90. The number of benzene rings is 1. The van der Waals surface area contributed by atoms with Crippen molar-refractivity contribution in [2.24, 2.45) is 0 Å². The van der Waals surface area contributed by atoms with Crippen LogP contribution in [0.3, 0.4) is 0 Å². The Bertz CT molecular complexity index is 640. The number of esters is 1. The first-order valence-electron chi connectivity index (χ1n) is 10.0. The van der Waals surface area contributed by atoms with Crippen LogP contribution in [0.2, 0.25) is 0 Å². The molecular formula is C21H30N2O4S. The number of anilines is 1. The third-order valence-corrected chi connectivity index (χ3v) is 5.57. The van der Waals surface area contributed by atoms with E-state index in [9.17, 15) is 14.4 Å². The van der Waals surface area contributed by atoms with Gasteiger partial charge in [0, 0.05) is 23.9 Å². The van der Waals surface area contributed by atoms with E-state index >= 15 is 0 Å². The Morgan fingerprint density at radius 2 is 1.71 bits per heavy atom. The van der Waals surface area contributed by atoms with E-state index in [4.69, 9.17) is 4.74 Å². The van der Waals surface area contributed by atoms with Gasteiger partial charge in [0.25, 0.3) is 0 Å². The van der Waals surface area contributed by atoms with Crippen LogP contribution in [0, 0.1) is 0 Å². The fourth-order valence-corrected chi connectivity index (χ4v) is 3.89. The molecule has 6 nitrogen and oxygen atoms in total. The molecule has 0 radical (unpaired) electrons. The maximum absolute atomic E-state index is 12.0. The highest BCUT2D eigenvalue weighted by Crippen LogP contribution is 2.17. The predicted octanol–water partition coefficient (Wildman–Crippen LogP) is 3.76. The van der Waals surface area contributed by atoms with Crippen molar-refractivity contribution in [3.63, 3.8) is 0 Å². The molecule has 1 fully saturated rings. The molecule has 0 spiro atoms. The van der Waals surface area contributed by atoms with E-state index in [1.54, 1.807) is 31.2 Å². The molecule has 1 aromatic carbocycles. The lowest BCUT2D eigenvalue weighted by Crippen LogP contribution is -2.34. The van der Waals surface area contributed by atoms with Gasteiger partial charge in [0.05, 0.1) is 17.9 Å².